The second kappa shape index (κ2) is 18.7. The number of epoxide rings is 1. The predicted molar refractivity (Wildman–Crippen MR) is 227 cm³/mol. The number of rotatable bonds is 16. The number of piperidine rings is 1. The maximum absolute atomic E-state index is 15.3. The molecular weight excluding hydrogens is 743 g/mol. The summed E-state index contributed by atoms with van der Waals surface area (Å²) in [5.74, 6) is -0.548. The topological polar surface area (TPSA) is 187 Å². The number of carbonyl (C=O) groups is 3. The quantitative estimate of drug-likeness (QED) is 0.0212. The molecule has 5 aliphatic carbocycles. The monoisotopic (exact) mass is 818 g/mol. The number of nitrogens with one attached hydrogen (secondary N) is 3. The normalized spacial score (nSPS) is 38.5. The smallest absolute Gasteiger partial charge is 0.350 e. The largest absolute Gasteiger partial charge is 0.463 e. The molecule has 2 aliphatic heterocycles. The van der Waals surface area contributed by atoms with Crippen molar-refractivity contribution in [3.63, 3.8) is 0 Å². The number of carbonyl (C=O) groups excluding carboxylic acids is 3. The highest BCUT2D eigenvalue weighted by atomic mass is 16.7. The molecule has 4 fully saturated rings. The molecule has 0 spiro atoms. The highest BCUT2D eigenvalue weighted by Gasteiger charge is 2.87. The summed E-state index contributed by atoms with van der Waals surface area (Å²) in [4.78, 5) is 48.2. The van der Waals surface area contributed by atoms with E-state index in [2.05, 4.69) is 108 Å². The van der Waals surface area contributed by atoms with E-state index in [-0.39, 0.29) is 53.9 Å². The lowest BCUT2D eigenvalue weighted by molar-refractivity contribution is -0.717. The van der Waals surface area contributed by atoms with Gasteiger partial charge in [0.1, 0.15) is 25.5 Å². The van der Waals surface area contributed by atoms with Crippen molar-refractivity contribution in [1.82, 2.24) is 10.6 Å². The molecule has 0 radical (unpaired) electrons. The first-order valence-corrected chi connectivity index (χ1v) is 23.1. The molecular formula is C47H75N7O5+4. The molecule has 0 aromatic carbocycles. The molecule has 0 aromatic rings. The first-order chi connectivity index (χ1) is 28.5. The highest BCUT2D eigenvalue weighted by Crippen LogP contribution is 2.63. The summed E-state index contributed by atoms with van der Waals surface area (Å²) < 4.78 is 12.9. The van der Waals surface area contributed by atoms with Crippen molar-refractivity contribution in [2.45, 2.75) is 127 Å². The molecule has 7 rings (SSSR count). The van der Waals surface area contributed by atoms with E-state index in [1.54, 1.807) is 0 Å². The van der Waals surface area contributed by atoms with E-state index < -0.39 is 29.0 Å². The molecule has 11 N–H and O–H groups in total. The van der Waals surface area contributed by atoms with E-state index in [1.807, 2.05) is 7.05 Å². The molecule has 12 heteroatoms. The Labute approximate surface area is 352 Å². The van der Waals surface area contributed by atoms with Gasteiger partial charge < -0.3 is 25.4 Å². The van der Waals surface area contributed by atoms with Gasteiger partial charge in [-0.3, -0.25) is 25.6 Å². The van der Waals surface area contributed by atoms with Crippen LogP contribution in [0.5, 0.6) is 0 Å². The SMILES string of the molecule is CC[NH2+][C@H]1C=C2C=CCC[C@H]2C[C@H]1COC(=O)[C@]12O[C@@]1(CC=C(C)C[C@@H](NC(N)=[NH+]C)C1CC[NH2+]C(NC[NH2+]C)C1)C(=O)C1CCCC(C[C@]3(C)C=CC=CC3)C1C2=O. The molecule has 2 saturated heterocycles. The third-order valence-electron chi connectivity index (χ3n) is 15.1. The Morgan fingerprint density at radius 2 is 2.00 bits per heavy atom. The lowest BCUT2D eigenvalue weighted by Gasteiger charge is -2.44. The molecule has 2 saturated carbocycles. The number of hydrogen-bond acceptors (Lipinski definition) is 6. The molecule has 0 aromatic heterocycles. The highest BCUT2D eigenvalue weighted by molar-refractivity contribution is 6.23. The minimum absolute atomic E-state index is 0.0118. The number of esters is 1. The fraction of sp³-hybridized carbons (Fsp3) is 0.702. The minimum Gasteiger partial charge on any atom is -0.463 e. The summed E-state index contributed by atoms with van der Waals surface area (Å²) >= 11 is 0. The van der Waals surface area contributed by atoms with E-state index in [1.165, 1.54) is 5.57 Å². The van der Waals surface area contributed by atoms with Crippen LogP contribution in [-0.2, 0) is 23.9 Å². The van der Waals surface area contributed by atoms with E-state index in [0.717, 1.165) is 83.1 Å². The molecule has 5 unspecified atom stereocenters. The van der Waals surface area contributed by atoms with Crippen LogP contribution < -0.4 is 37.3 Å². The fourth-order valence-corrected chi connectivity index (χ4v) is 11.9. The number of fused-ring (bicyclic) bond motifs is 3. The van der Waals surface area contributed by atoms with Crippen molar-refractivity contribution in [1.29, 1.82) is 0 Å². The third kappa shape index (κ3) is 8.99. The zero-order valence-electron chi connectivity index (χ0n) is 36.5. The summed E-state index contributed by atoms with van der Waals surface area (Å²) in [6.07, 6.45) is 27.9. The van der Waals surface area contributed by atoms with Gasteiger partial charge in [0, 0.05) is 49.4 Å². The number of likely N-dealkylation sites (N-methyl/N-ethyl adjacent to an activating group) is 1. The minimum atomic E-state index is -1.91. The van der Waals surface area contributed by atoms with Crippen LogP contribution in [0.2, 0.25) is 0 Å². The maximum atomic E-state index is 15.3. The van der Waals surface area contributed by atoms with Gasteiger partial charge in [-0.25, -0.2) is 10.1 Å². The zero-order valence-corrected chi connectivity index (χ0v) is 36.5. The van der Waals surface area contributed by atoms with E-state index in [4.69, 9.17) is 15.2 Å². The van der Waals surface area contributed by atoms with Gasteiger partial charge >= 0.3 is 11.9 Å². The predicted octanol–water partition coefficient (Wildman–Crippen LogP) is -0.252. The Hall–Kier alpha value is -3.42. The van der Waals surface area contributed by atoms with Crippen LogP contribution in [0.3, 0.4) is 0 Å². The maximum Gasteiger partial charge on any atom is 0.350 e. The van der Waals surface area contributed by atoms with Gasteiger partial charge in [0.2, 0.25) is 0 Å². The lowest BCUT2D eigenvalue weighted by Crippen LogP contribution is -2.98. The summed E-state index contributed by atoms with van der Waals surface area (Å²) in [5.41, 5.74) is 5.22. The van der Waals surface area contributed by atoms with E-state index in [0.29, 0.717) is 36.8 Å². The van der Waals surface area contributed by atoms with Crippen molar-refractivity contribution < 1.29 is 44.8 Å². The first-order valence-electron chi connectivity index (χ1n) is 23.1. The molecule has 324 valence electrons. The van der Waals surface area contributed by atoms with E-state index >= 15 is 9.59 Å². The Morgan fingerprint density at radius 3 is 2.76 bits per heavy atom. The summed E-state index contributed by atoms with van der Waals surface area (Å²) in [6.45, 7) is 9.47. The van der Waals surface area contributed by atoms with Gasteiger partial charge in [0.05, 0.1) is 33.2 Å². The van der Waals surface area contributed by atoms with Gasteiger partial charge in [-0.15, -0.1) is 0 Å². The second-order valence-corrected chi connectivity index (χ2v) is 19.3. The average Bonchev–Trinajstić information content (AvgIpc) is 3.95. The number of allylic oxidation sites excluding steroid dienone is 7. The zero-order chi connectivity index (χ0) is 41.8. The first kappa shape index (κ1) is 43.7. The second-order valence-electron chi connectivity index (χ2n) is 19.3. The molecule has 12 atom stereocenters. The molecule has 0 bridgehead atoms. The molecule has 0 amide bonds. The molecule has 2 heterocycles. The average molecular weight is 818 g/mol. The molecule has 12 nitrogen and oxygen atoms in total. The van der Waals surface area contributed by atoms with Crippen molar-refractivity contribution in [3.05, 3.63) is 59.8 Å². The summed E-state index contributed by atoms with van der Waals surface area (Å²) in [6, 6.07) is 0.238. The molecule has 59 heavy (non-hydrogen) atoms. The third-order valence-corrected chi connectivity index (χ3v) is 15.1. The van der Waals surface area contributed by atoms with Crippen LogP contribution in [-0.4, -0.2) is 93.4 Å². The van der Waals surface area contributed by atoms with E-state index in [9.17, 15) is 4.79 Å². The Morgan fingerprint density at radius 1 is 1.15 bits per heavy atom. The number of quaternary nitrogens is 3. The van der Waals surface area contributed by atoms with Crippen molar-refractivity contribution >= 4 is 23.5 Å². The van der Waals surface area contributed by atoms with Gasteiger partial charge in [-0.1, -0.05) is 61.4 Å². The van der Waals surface area contributed by atoms with Crippen LogP contribution in [0.15, 0.2) is 59.8 Å². The Bertz CT molecular complexity index is 1750. The standard InChI is InChI=1S/C47H71N7O5/c1-6-51-37-25-32-14-9-8-13-31(32)24-35(37)28-58-43(57)47-42(56)40-34(27-45(3)19-10-7-11-20-45)15-12-16-36(40)41(55)46(47,59-47)21-17-30(2)23-38(54-44(48)50-5)33-18-22-52-39(26-33)53-29-49-4/h7,9-11,14,17,19,25,31,33-40,49,51-53H,6,8,12-13,15-16,18,20-24,26-29H2,1-5H3,(H3,48,50,54)/p+4/t31-,33?,34?,35-,36?,37-,38+,39?,40?,45+,46-,47-/m0/s1. The van der Waals surface area contributed by atoms with Gasteiger partial charge in [0.15, 0.2) is 17.2 Å². The Balaban J connectivity index is 1.15. The number of hydrogen-bond donors (Lipinski definition) is 7. The number of guanidine groups is 1. The van der Waals surface area contributed by atoms with Crippen molar-refractivity contribution in [3.8, 4) is 0 Å². The summed E-state index contributed by atoms with van der Waals surface area (Å²) in [7, 11) is 3.88. The fourth-order valence-electron chi connectivity index (χ4n) is 11.9. The van der Waals surface area contributed by atoms with Crippen LogP contribution in [0.4, 0.5) is 0 Å². The number of Topliss-reactive ketones (excluding diaryl/α,β-unsaturated/α-hetero) is 2. The Kier molecular flexibility index (Phi) is 13.8. The molecule has 7 aliphatic rings. The van der Waals surface area contributed by atoms with Gasteiger partial charge in [-0.2, -0.15) is 0 Å². The number of ether oxygens (including phenoxy) is 2. The van der Waals surface area contributed by atoms with Gasteiger partial charge in [0.25, 0.3) is 5.60 Å². The lowest BCUT2D eigenvalue weighted by atomic mass is 9.55. The van der Waals surface area contributed by atoms with Crippen LogP contribution >= 0.6 is 0 Å². The summed E-state index contributed by atoms with van der Waals surface area (Å²) in [5, 5.41) is 14.0. The van der Waals surface area contributed by atoms with Crippen molar-refractivity contribution in [2.75, 3.05) is 40.5 Å². The van der Waals surface area contributed by atoms with Gasteiger partial charge in [-0.05, 0) is 87.7 Å². The van der Waals surface area contributed by atoms with Crippen LogP contribution in [0.1, 0.15) is 97.8 Å². The number of ketones is 2. The van der Waals surface area contributed by atoms with Crippen LogP contribution in [0.25, 0.3) is 0 Å². The van der Waals surface area contributed by atoms with Crippen LogP contribution in [0, 0.1) is 40.9 Å². The number of nitrogens with two attached hydrogens (primary N) is 4. The van der Waals surface area contributed by atoms with Crippen molar-refractivity contribution in [2.24, 2.45) is 46.7 Å².